The first kappa shape index (κ1) is 22.6. The van der Waals surface area contributed by atoms with Gasteiger partial charge in [-0.3, -0.25) is 9.69 Å². The van der Waals surface area contributed by atoms with Crippen molar-refractivity contribution in [2.75, 3.05) is 31.1 Å². The molecule has 6 rings (SSSR count). The third kappa shape index (κ3) is 3.39. The molecule has 4 aliphatic rings. The molecule has 1 saturated heterocycles. The summed E-state index contributed by atoms with van der Waals surface area (Å²) >= 11 is 0. The van der Waals surface area contributed by atoms with Gasteiger partial charge in [0.2, 0.25) is 0 Å². The number of fused-ring (bicyclic) bond motifs is 3. The number of ketones is 1. The van der Waals surface area contributed by atoms with Crippen LogP contribution in [0, 0.1) is 11.3 Å². The van der Waals surface area contributed by atoms with Gasteiger partial charge in [-0.05, 0) is 77.3 Å². The van der Waals surface area contributed by atoms with Crippen LogP contribution in [0.25, 0.3) is 5.57 Å². The molecule has 3 aliphatic carbocycles. The fourth-order valence-corrected chi connectivity index (χ4v) is 6.71. The van der Waals surface area contributed by atoms with Crippen LogP contribution in [0.2, 0.25) is 0 Å². The van der Waals surface area contributed by atoms with Crippen LogP contribution in [0.3, 0.4) is 0 Å². The van der Waals surface area contributed by atoms with Gasteiger partial charge in [-0.2, -0.15) is 5.26 Å². The van der Waals surface area contributed by atoms with Crippen molar-refractivity contribution in [2.45, 2.75) is 70.8 Å². The average molecular weight is 466 g/mol. The van der Waals surface area contributed by atoms with Crippen molar-refractivity contribution in [3.63, 3.8) is 0 Å². The second kappa shape index (κ2) is 8.07. The van der Waals surface area contributed by atoms with Gasteiger partial charge in [-0.15, -0.1) is 0 Å². The lowest BCUT2D eigenvalue weighted by atomic mass is 9.67. The summed E-state index contributed by atoms with van der Waals surface area (Å²) in [5.41, 5.74) is 9.27. The maximum atomic E-state index is 14.0. The number of carbonyl (C=O) groups excluding carboxylic acids is 1. The van der Waals surface area contributed by atoms with E-state index in [9.17, 15) is 10.1 Å². The molecular weight excluding hydrogens is 430 g/mol. The molecule has 4 heteroatoms. The number of hydrogen-bond donors (Lipinski definition) is 0. The van der Waals surface area contributed by atoms with Crippen LogP contribution < -0.4 is 4.90 Å². The summed E-state index contributed by atoms with van der Waals surface area (Å²) in [6.07, 6.45) is 4.86. The highest BCUT2D eigenvalue weighted by molar-refractivity contribution is 6.33. The molecule has 2 fully saturated rings. The van der Waals surface area contributed by atoms with Gasteiger partial charge >= 0.3 is 0 Å². The van der Waals surface area contributed by atoms with Gasteiger partial charge in [0.15, 0.2) is 5.78 Å². The molecule has 0 spiro atoms. The van der Waals surface area contributed by atoms with E-state index in [2.05, 4.69) is 55.7 Å². The fourth-order valence-electron chi connectivity index (χ4n) is 6.71. The van der Waals surface area contributed by atoms with Crippen LogP contribution in [-0.4, -0.2) is 42.9 Å². The zero-order valence-corrected chi connectivity index (χ0v) is 21.4. The zero-order valence-electron chi connectivity index (χ0n) is 21.4. The van der Waals surface area contributed by atoms with E-state index in [4.69, 9.17) is 0 Å². The van der Waals surface area contributed by atoms with Crippen LogP contribution >= 0.6 is 0 Å². The lowest BCUT2D eigenvalue weighted by Gasteiger charge is -2.44. The van der Waals surface area contributed by atoms with E-state index >= 15 is 0 Å². The molecule has 0 aromatic heterocycles. The van der Waals surface area contributed by atoms with Gasteiger partial charge < -0.3 is 4.90 Å². The molecular formula is C31H35N3O. The molecule has 0 amide bonds. The maximum Gasteiger partial charge on any atom is 0.193 e. The second-order valence-electron chi connectivity index (χ2n) is 11.7. The minimum Gasteiger partial charge on any atom is -0.369 e. The topological polar surface area (TPSA) is 47.3 Å². The van der Waals surface area contributed by atoms with E-state index in [-0.39, 0.29) is 11.2 Å². The Hall–Kier alpha value is -2.90. The molecule has 0 bridgehead atoms. The monoisotopic (exact) mass is 465 g/mol. The Labute approximate surface area is 209 Å². The summed E-state index contributed by atoms with van der Waals surface area (Å²) in [6, 6.07) is 13.4. The van der Waals surface area contributed by atoms with E-state index in [1.165, 1.54) is 36.1 Å². The molecule has 1 heterocycles. The van der Waals surface area contributed by atoms with Gasteiger partial charge in [0.25, 0.3) is 0 Å². The maximum absolute atomic E-state index is 14.0. The third-order valence-electron chi connectivity index (χ3n) is 9.11. The van der Waals surface area contributed by atoms with Crippen molar-refractivity contribution in [3.05, 3.63) is 69.3 Å². The number of carbonyl (C=O) groups is 1. The predicted octanol–water partition coefficient (Wildman–Crippen LogP) is 5.84. The number of hydrogen-bond acceptors (Lipinski definition) is 4. The first-order valence-electron chi connectivity index (χ1n) is 13.3. The van der Waals surface area contributed by atoms with Gasteiger partial charge in [-0.1, -0.05) is 40.2 Å². The predicted molar refractivity (Wildman–Crippen MR) is 141 cm³/mol. The highest BCUT2D eigenvalue weighted by Crippen LogP contribution is 2.51. The molecule has 1 saturated carbocycles. The highest BCUT2D eigenvalue weighted by Gasteiger charge is 2.43. The Bertz CT molecular complexity index is 1300. The first-order valence-corrected chi connectivity index (χ1v) is 13.3. The Kier molecular flexibility index (Phi) is 5.20. The number of rotatable bonds is 3. The van der Waals surface area contributed by atoms with Gasteiger partial charge in [0, 0.05) is 54.5 Å². The van der Waals surface area contributed by atoms with Crippen LogP contribution in [-0.2, 0) is 11.8 Å². The molecule has 35 heavy (non-hydrogen) atoms. The third-order valence-corrected chi connectivity index (χ3v) is 9.11. The molecule has 0 N–H and O–H groups in total. The standard InChI is InChI=1S/C31H35N3O/c1-19(2)24-16-25-26(17-28(24)34-12-10-33(11-13-34)22-6-5-7-22)31(3,4)27-15-21-14-20(18-32)8-9-23(21)29(27)30(25)35/h8-9,14,16-17,19,22H,5-7,10-13,15H2,1-4H3. The van der Waals surface area contributed by atoms with E-state index in [1.807, 2.05) is 18.2 Å². The number of anilines is 1. The minimum atomic E-state index is -0.234. The van der Waals surface area contributed by atoms with E-state index in [1.54, 1.807) is 0 Å². The SMILES string of the molecule is CC(C)c1cc2c(cc1N1CCN(C3CCC3)CC1)C(C)(C)C1=C(C2=O)c2ccc(C#N)cc2C1. The van der Waals surface area contributed by atoms with Gasteiger partial charge in [-0.25, -0.2) is 0 Å². The highest BCUT2D eigenvalue weighted by atomic mass is 16.1. The Morgan fingerprint density at radius 1 is 1.03 bits per heavy atom. The summed E-state index contributed by atoms with van der Waals surface area (Å²) in [6.45, 7) is 13.4. The molecule has 0 radical (unpaired) electrons. The van der Waals surface area contributed by atoms with Crippen molar-refractivity contribution in [1.29, 1.82) is 5.26 Å². The van der Waals surface area contributed by atoms with Crippen molar-refractivity contribution >= 4 is 17.0 Å². The summed E-state index contributed by atoms with van der Waals surface area (Å²) < 4.78 is 0. The molecule has 180 valence electrons. The van der Waals surface area contributed by atoms with Crippen molar-refractivity contribution in [2.24, 2.45) is 0 Å². The largest absolute Gasteiger partial charge is 0.369 e. The van der Waals surface area contributed by atoms with E-state index in [0.717, 1.165) is 66.5 Å². The smallest absolute Gasteiger partial charge is 0.193 e. The molecule has 4 nitrogen and oxygen atoms in total. The minimum absolute atomic E-state index is 0.154. The molecule has 0 atom stereocenters. The van der Waals surface area contributed by atoms with Crippen LogP contribution in [0.5, 0.6) is 0 Å². The Balaban J connectivity index is 1.40. The quantitative estimate of drug-likeness (QED) is 0.571. The first-order chi connectivity index (χ1) is 16.8. The number of benzene rings is 2. The Morgan fingerprint density at radius 2 is 1.77 bits per heavy atom. The van der Waals surface area contributed by atoms with Crippen molar-refractivity contribution in [3.8, 4) is 6.07 Å². The average Bonchev–Trinajstić information content (AvgIpc) is 3.21. The Morgan fingerprint density at radius 3 is 2.40 bits per heavy atom. The van der Waals surface area contributed by atoms with Crippen LogP contribution in [0.4, 0.5) is 5.69 Å². The fraction of sp³-hybridized carbons (Fsp3) is 0.484. The zero-order chi connectivity index (χ0) is 24.5. The summed E-state index contributed by atoms with van der Waals surface area (Å²) in [5.74, 6) is 0.501. The summed E-state index contributed by atoms with van der Waals surface area (Å²) in [4.78, 5) is 19.2. The number of nitriles is 1. The normalized spacial score (nSPS) is 21.5. The second-order valence-corrected chi connectivity index (χ2v) is 11.7. The molecule has 2 aromatic rings. The van der Waals surface area contributed by atoms with Gasteiger partial charge in [0.05, 0.1) is 11.6 Å². The van der Waals surface area contributed by atoms with E-state index in [0.29, 0.717) is 11.5 Å². The van der Waals surface area contributed by atoms with E-state index < -0.39 is 0 Å². The van der Waals surface area contributed by atoms with Crippen molar-refractivity contribution < 1.29 is 4.79 Å². The molecule has 2 aromatic carbocycles. The summed E-state index contributed by atoms with van der Waals surface area (Å²) in [7, 11) is 0. The molecule has 0 unspecified atom stereocenters. The van der Waals surface area contributed by atoms with Crippen LogP contribution in [0.15, 0.2) is 35.9 Å². The lowest BCUT2D eigenvalue weighted by Crippen LogP contribution is -2.52. The molecule has 1 aliphatic heterocycles. The summed E-state index contributed by atoms with van der Waals surface area (Å²) in [5, 5.41) is 9.39. The number of Topliss-reactive ketones (excluding diaryl/α,β-unsaturated/α-hetero) is 1. The van der Waals surface area contributed by atoms with Gasteiger partial charge in [0.1, 0.15) is 0 Å². The lowest BCUT2D eigenvalue weighted by molar-refractivity contribution is 0.105. The van der Waals surface area contributed by atoms with Crippen LogP contribution in [0.1, 0.15) is 91.1 Å². The number of allylic oxidation sites excluding steroid dienone is 2. The van der Waals surface area contributed by atoms with Crippen molar-refractivity contribution in [1.82, 2.24) is 4.90 Å². The number of nitrogens with zero attached hydrogens (tertiary/aromatic N) is 3. The number of piperazine rings is 1.